The highest BCUT2D eigenvalue weighted by Gasteiger charge is 2.26. The van der Waals surface area contributed by atoms with E-state index in [0.29, 0.717) is 64.5 Å². The molecule has 0 spiro atoms. The van der Waals surface area contributed by atoms with Crippen molar-refractivity contribution in [1.29, 1.82) is 0 Å². The number of allylic oxidation sites excluding steroid dienone is 1. The monoisotopic (exact) mass is 1250 g/mol. The third kappa shape index (κ3) is 18.6. The van der Waals surface area contributed by atoms with E-state index < -0.39 is 0 Å². The van der Waals surface area contributed by atoms with Crippen molar-refractivity contribution >= 4 is 62.5 Å². The summed E-state index contributed by atoms with van der Waals surface area (Å²) in [6, 6.07) is 4.50. The molecule has 0 saturated carbocycles. The van der Waals surface area contributed by atoms with Crippen molar-refractivity contribution in [1.82, 2.24) is 98.3 Å². The molecule has 0 fully saturated rings. The fourth-order valence-corrected chi connectivity index (χ4v) is 9.24. The topological polar surface area (TPSA) is 293 Å². The number of rotatable bonds is 8. The van der Waals surface area contributed by atoms with Crippen LogP contribution in [0.3, 0.4) is 0 Å². The van der Waals surface area contributed by atoms with E-state index in [9.17, 15) is 19.2 Å². The average Bonchev–Trinajstić information content (AvgIpc) is 3.02. The number of nitrogens with one attached hydrogen (secondary N) is 4. The summed E-state index contributed by atoms with van der Waals surface area (Å²) in [5.74, 6) is 4.61. The Hall–Kier alpha value is -9.49. The van der Waals surface area contributed by atoms with Crippen LogP contribution in [0.5, 0.6) is 0 Å². The Kier molecular flexibility index (Phi) is 24.9. The maximum atomic E-state index is 11.5. The van der Waals surface area contributed by atoms with Crippen LogP contribution in [0.25, 0.3) is 33.4 Å². The molecule has 3 aliphatic rings. The number of aromatic nitrogens is 16. The molecule has 0 bridgehead atoms. The van der Waals surface area contributed by atoms with E-state index in [1.54, 1.807) is 37.5 Å². The number of nitrogens with zero attached hydrogens (tertiary/aromatic N) is 18. The highest BCUT2D eigenvalue weighted by atomic mass is 16.2. The first-order valence-electron chi connectivity index (χ1n) is 30.7. The number of carbonyl (C=O) groups is 3. The van der Waals surface area contributed by atoms with Gasteiger partial charge in [-0.3, -0.25) is 19.2 Å². The van der Waals surface area contributed by atoms with Crippen LogP contribution in [0.15, 0.2) is 95.7 Å². The number of fused-ring (bicyclic) bond motifs is 4. The summed E-state index contributed by atoms with van der Waals surface area (Å²) in [4.78, 5) is 93.9. The predicted molar refractivity (Wildman–Crippen MR) is 360 cm³/mol. The Balaban J connectivity index is 0.000000193. The lowest BCUT2D eigenvalue weighted by molar-refractivity contribution is -0.117. The molecular formula is C65H96N22O4. The van der Waals surface area contributed by atoms with E-state index in [-0.39, 0.29) is 41.4 Å². The molecule has 11 heterocycles. The Morgan fingerprint density at radius 1 is 0.549 bits per heavy atom. The first-order chi connectivity index (χ1) is 42.5. The SMILES string of the molecule is C=C1N=C(C)C(C)=CN1C(C)C.C=C1NC(=O)C(C)=CN1C(C)C.CC(=O)c1ncn(C(C)C)n1.CC1NC(=O)c2ncn(C(C)C)c2N1.Cc1nc(C)c2ccn(C(C)C)c2n1.Cc1nc(C)c2ncn(C(C)C)c2n1.Cc1nc2c(ncn2C(C)C)c(=O)[nH]1. The van der Waals surface area contributed by atoms with Crippen molar-refractivity contribution in [3.8, 4) is 0 Å². The standard InChI is InChI=1S/C11H15N3.C10H14N4.C10H16N2.C9H14N4O.C9H12N4O.C9H14N2O.C7H11N3O/c1-7(2)14-6-5-10-8(3)12-9(4)13-11(10)14;1-6(2)14-5-11-9-7(3)12-8(4)13-10(9)14;1-7(2)12-6-8(3)9(4)11-10(12)5;2*1-5(2)13-4-10-7-8(13)11-6(3)12-9(7)14;1-6(2)11-5-7(3)9(12)10-8(11)4;1-5(2)10-4-8-7(9-10)6(3)11/h5-7H,1-4H3;5-6H,1-4H3;6-7H,5H2,1-4H3;4-6,11H,1-3H3,(H,12,14);4-5H,1-3H3,(H,11,12,14);5-6H,4H2,1-3H3,(H,10,12);4-5H,1-3H3. The van der Waals surface area contributed by atoms with Gasteiger partial charge in [0.25, 0.3) is 17.4 Å². The number of ketones is 1. The van der Waals surface area contributed by atoms with Gasteiger partial charge in [0.1, 0.15) is 52.4 Å². The zero-order chi connectivity index (χ0) is 68.2. The van der Waals surface area contributed by atoms with Crippen LogP contribution in [-0.2, 0) is 4.79 Å². The van der Waals surface area contributed by atoms with Gasteiger partial charge in [0, 0.05) is 84.5 Å². The fraction of sp³-hybridized carbons (Fsp3) is 0.492. The molecule has 1 atom stereocenters. The number of Topliss-reactive ketones (excluding diaryl/α,β-unsaturated/α-hetero) is 1. The summed E-state index contributed by atoms with van der Waals surface area (Å²) >= 11 is 0. The minimum atomic E-state index is -0.174. The van der Waals surface area contributed by atoms with Crippen molar-refractivity contribution in [2.75, 3.05) is 5.32 Å². The van der Waals surface area contributed by atoms with Gasteiger partial charge in [0.15, 0.2) is 28.3 Å². The number of carbonyl (C=O) groups excluding carboxylic acids is 3. The van der Waals surface area contributed by atoms with E-state index in [1.807, 2.05) is 110 Å². The van der Waals surface area contributed by atoms with Crippen LogP contribution >= 0.6 is 0 Å². The van der Waals surface area contributed by atoms with Gasteiger partial charge in [-0.05, 0) is 171 Å². The number of imidazole rings is 3. The molecule has 0 radical (unpaired) electrons. The molecular weight excluding hydrogens is 1150 g/mol. The van der Waals surface area contributed by atoms with Crippen LogP contribution < -0.4 is 21.5 Å². The summed E-state index contributed by atoms with van der Waals surface area (Å²) in [7, 11) is 0. The number of aryl methyl sites for hydroxylation is 5. The summed E-state index contributed by atoms with van der Waals surface area (Å²) in [6.07, 6.45) is 12.7. The van der Waals surface area contributed by atoms with E-state index in [4.69, 9.17) is 0 Å². The van der Waals surface area contributed by atoms with Gasteiger partial charge in [0.2, 0.25) is 5.82 Å². The van der Waals surface area contributed by atoms with E-state index in [1.165, 1.54) is 12.5 Å². The summed E-state index contributed by atoms with van der Waals surface area (Å²) in [5.41, 5.74) is 9.27. The molecule has 1 unspecified atom stereocenters. The van der Waals surface area contributed by atoms with Gasteiger partial charge < -0.3 is 49.0 Å². The van der Waals surface area contributed by atoms with E-state index in [0.717, 1.165) is 68.2 Å². The van der Waals surface area contributed by atoms with Gasteiger partial charge in [-0.15, -0.1) is 5.10 Å². The van der Waals surface area contributed by atoms with Crippen molar-refractivity contribution < 1.29 is 14.4 Å². The highest BCUT2D eigenvalue weighted by molar-refractivity contribution is 5.99. The molecule has 11 rings (SSSR count). The lowest BCUT2D eigenvalue weighted by Gasteiger charge is -2.31. The molecule has 26 heteroatoms. The van der Waals surface area contributed by atoms with Crippen LogP contribution in [0, 0.1) is 34.6 Å². The second kappa shape index (κ2) is 31.3. The summed E-state index contributed by atoms with van der Waals surface area (Å²) in [6.45, 7) is 55.5. The van der Waals surface area contributed by atoms with Crippen molar-refractivity contribution in [3.63, 3.8) is 0 Å². The fourth-order valence-electron chi connectivity index (χ4n) is 9.24. The van der Waals surface area contributed by atoms with Crippen LogP contribution in [-0.4, -0.2) is 129 Å². The van der Waals surface area contributed by atoms with Crippen LogP contribution in [0.4, 0.5) is 5.82 Å². The maximum Gasteiger partial charge on any atom is 0.279 e. The Morgan fingerprint density at radius 2 is 1.08 bits per heavy atom. The number of H-pyrrole nitrogens is 1. The molecule has 8 aromatic rings. The number of aliphatic imine (C=N–C) groups is 1. The minimum Gasteiger partial charge on any atom is -0.350 e. The first-order valence-corrected chi connectivity index (χ1v) is 30.7. The Bertz CT molecular complexity index is 3950. The normalized spacial score (nSPS) is 14.5. The number of anilines is 1. The average molecular weight is 1250 g/mol. The summed E-state index contributed by atoms with van der Waals surface area (Å²) < 4.78 is 9.76. The van der Waals surface area contributed by atoms with Crippen molar-refractivity contribution in [2.45, 2.75) is 215 Å². The maximum absolute atomic E-state index is 11.5. The molecule has 0 aromatic carbocycles. The number of hydrogen-bond donors (Lipinski definition) is 4. The molecule has 8 aromatic heterocycles. The molecule has 4 N–H and O–H groups in total. The van der Waals surface area contributed by atoms with Gasteiger partial charge >= 0.3 is 0 Å². The van der Waals surface area contributed by atoms with Crippen molar-refractivity contribution in [3.05, 3.63) is 137 Å². The zero-order valence-corrected chi connectivity index (χ0v) is 57.8. The van der Waals surface area contributed by atoms with Crippen LogP contribution in [0.2, 0.25) is 0 Å². The number of amides is 2. The number of hydrogen-bond acceptors (Lipinski definition) is 18. The Morgan fingerprint density at radius 3 is 1.60 bits per heavy atom. The van der Waals surface area contributed by atoms with Crippen LogP contribution in [0.1, 0.15) is 212 Å². The zero-order valence-electron chi connectivity index (χ0n) is 57.8. The smallest absolute Gasteiger partial charge is 0.279 e. The molecule has 2 amide bonds. The molecule has 0 aliphatic carbocycles. The number of aromatic amines is 1. The van der Waals surface area contributed by atoms with Gasteiger partial charge in [-0.1, -0.05) is 13.2 Å². The quantitative estimate of drug-likeness (QED) is 0.103. The van der Waals surface area contributed by atoms with Gasteiger partial charge in [0.05, 0.1) is 36.5 Å². The predicted octanol–water partition coefficient (Wildman–Crippen LogP) is 11.4. The largest absolute Gasteiger partial charge is 0.350 e. The lowest BCUT2D eigenvalue weighted by atomic mass is 10.2. The second-order valence-electron chi connectivity index (χ2n) is 24.4. The molecule has 490 valence electrons. The molecule has 26 nitrogen and oxygen atoms in total. The highest BCUT2D eigenvalue weighted by Crippen LogP contribution is 2.24. The minimum absolute atomic E-state index is 0.0378. The third-order valence-electron chi connectivity index (χ3n) is 14.3. The Labute approximate surface area is 534 Å². The van der Waals surface area contributed by atoms with Gasteiger partial charge in [-0.2, -0.15) is 0 Å². The van der Waals surface area contributed by atoms with Gasteiger partial charge in [-0.25, -0.2) is 54.5 Å². The first kappa shape index (κ1) is 72.3. The second-order valence-corrected chi connectivity index (χ2v) is 24.4. The molecule has 3 aliphatic heterocycles. The third-order valence-corrected chi connectivity index (χ3v) is 14.3. The van der Waals surface area contributed by atoms with Crippen molar-refractivity contribution in [2.24, 2.45) is 4.99 Å². The van der Waals surface area contributed by atoms with E-state index in [2.05, 4.69) is 184 Å². The molecule has 0 saturated heterocycles. The lowest BCUT2D eigenvalue weighted by Crippen LogP contribution is -2.43. The summed E-state index contributed by atoms with van der Waals surface area (Å²) in [5, 5.41) is 13.8. The van der Waals surface area contributed by atoms with E-state index >= 15 is 0 Å². The molecule has 91 heavy (non-hydrogen) atoms.